The molecule has 6 nitrogen and oxygen atoms in total. The molecule has 140 valence electrons. The zero-order valence-electron chi connectivity index (χ0n) is 15.0. The molecule has 0 saturated heterocycles. The van der Waals surface area contributed by atoms with Crippen LogP contribution < -0.4 is 14.8 Å². The van der Waals surface area contributed by atoms with Gasteiger partial charge in [-0.05, 0) is 61.9 Å². The topological polar surface area (TPSA) is 73.3 Å². The lowest BCUT2D eigenvalue weighted by Crippen LogP contribution is -2.30. The van der Waals surface area contributed by atoms with Gasteiger partial charge in [-0.1, -0.05) is 22.9 Å². The summed E-state index contributed by atoms with van der Waals surface area (Å²) in [5, 5.41) is 12.6. The Hall–Kier alpha value is -2.64. The molecule has 0 spiro atoms. The molecule has 1 heterocycles. The second-order valence-electron chi connectivity index (χ2n) is 5.80. The molecular weight excluding hydrogens is 386 g/mol. The van der Waals surface area contributed by atoms with E-state index in [1.807, 2.05) is 31.2 Å². The molecule has 1 N–H and O–H groups in total. The van der Waals surface area contributed by atoms with Crippen LogP contribution in [-0.2, 0) is 4.79 Å². The van der Waals surface area contributed by atoms with Crippen molar-refractivity contribution in [3.63, 3.8) is 0 Å². The van der Waals surface area contributed by atoms with Crippen molar-refractivity contribution in [2.45, 2.75) is 20.0 Å². The fraction of sp³-hybridized carbons (Fsp3) is 0.211. The van der Waals surface area contributed by atoms with E-state index >= 15 is 0 Å². The molecule has 0 saturated carbocycles. The fourth-order valence-electron chi connectivity index (χ4n) is 2.28. The Labute approximate surface area is 166 Å². The standard InChI is InChI=1S/C19H18ClN3O3S/c1-11-10-15(8-9-16(11)20)26-12(2)17(24)21-19-23-22-18(27-19)13-4-6-14(25-3)7-5-13/h4-10,12H,1-3H3,(H,21,23,24)/t12-/m1/s1. The van der Waals surface area contributed by atoms with Gasteiger partial charge in [0.1, 0.15) is 16.5 Å². The van der Waals surface area contributed by atoms with Crippen molar-refractivity contribution in [2.24, 2.45) is 0 Å². The van der Waals surface area contributed by atoms with Gasteiger partial charge in [-0.25, -0.2) is 0 Å². The lowest BCUT2D eigenvalue weighted by Gasteiger charge is -2.14. The maximum atomic E-state index is 12.4. The molecule has 3 rings (SSSR count). The van der Waals surface area contributed by atoms with Gasteiger partial charge < -0.3 is 9.47 Å². The first kappa shape index (κ1) is 19.1. The van der Waals surface area contributed by atoms with Gasteiger partial charge in [0.2, 0.25) is 5.13 Å². The fourth-order valence-corrected chi connectivity index (χ4v) is 3.15. The smallest absolute Gasteiger partial charge is 0.266 e. The summed E-state index contributed by atoms with van der Waals surface area (Å²) in [6, 6.07) is 12.7. The number of carbonyl (C=O) groups excluding carboxylic acids is 1. The number of nitrogens with zero attached hydrogens (tertiary/aromatic N) is 2. The van der Waals surface area contributed by atoms with E-state index in [0.717, 1.165) is 16.9 Å². The molecule has 1 amide bonds. The molecule has 0 aliphatic carbocycles. The third-order valence-corrected chi connectivity index (χ3v) is 5.12. The van der Waals surface area contributed by atoms with Gasteiger partial charge in [0, 0.05) is 10.6 Å². The van der Waals surface area contributed by atoms with Crippen LogP contribution in [0.2, 0.25) is 5.02 Å². The number of benzene rings is 2. The minimum atomic E-state index is -0.695. The van der Waals surface area contributed by atoms with Crippen LogP contribution in [0, 0.1) is 6.92 Å². The van der Waals surface area contributed by atoms with Crippen molar-refractivity contribution < 1.29 is 14.3 Å². The van der Waals surface area contributed by atoms with Crippen molar-refractivity contribution in [2.75, 3.05) is 12.4 Å². The van der Waals surface area contributed by atoms with E-state index in [1.165, 1.54) is 11.3 Å². The summed E-state index contributed by atoms with van der Waals surface area (Å²) in [6.45, 7) is 3.55. The summed E-state index contributed by atoms with van der Waals surface area (Å²) in [7, 11) is 1.61. The second-order valence-corrected chi connectivity index (χ2v) is 7.19. The predicted octanol–water partition coefficient (Wildman–Crippen LogP) is 4.58. The van der Waals surface area contributed by atoms with Crippen LogP contribution >= 0.6 is 22.9 Å². The van der Waals surface area contributed by atoms with E-state index < -0.39 is 6.10 Å². The number of methoxy groups -OCH3 is 1. The number of nitrogens with one attached hydrogen (secondary N) is 1. The van der Waals surface area contributed by atoms with Gasteiger partial charge in [0.25, 0.3) is 5.91 Å². The molecule has 27 heavy (non-hydrogen) atoms. The van der Waals surface area contributed by atoms with E-state index in [0.29, 0.717) is 20.9 Å². The highest BCUT2D eigenvalue weighted by Gasteiger charge is 2.17. The maximum Gasteiger partial charge on any atom is 0.266 e. The molecule has 1 aromatic heterocycles. The first-order valence-corrected chi connectivity index (χ1v) is 9.37. The van der Waals surface area contributed by atoms with Crippen LogP contribution in [0.25, 0.3) is 10.6 Å². The quantitative estimate of drug-likeness (QED) is 0.652. The predicted molar refractivity (Wildman–Crippen MR) is 107 cm³/mol. The Balaban J connectivity index is 1.63. The Morgan fingerprint density at radius 3 is 2.52 bits per heavy atom. The van der Waals surface area contributed by atoms with Crippen LogP contribution in [0.1, 0.15) is 12.5 Å². The van der Waals surface area contributed by atoms with Crippen molar-refractivity contribution in [3.8, 4) is 22.1 Å². The number of rotatable bonds is 6. The van der Waals surface area contributed by atoms with Crippen molar-refractivity contribution >= 4 is 34.0 Å². The lowest BCUT2D eigenvalue weighted by atomic mass is 10.2. The van der Waals surface area contributed by atoms with Crippen LogP contribution in [-0.4, -0.2) is 29.3 Å². The van der Waals surface area contributed by atoms with Gasteiger partial charge >= 0.3 is 0 Å². The number of carbonyl (C=O) groups is 1. The average Bonchev–Trinajstić information content (AvgIpc) is 3.13. The summed E-state index contributed by atoms with van der Waals surface area (Å²) in [5.41, 5.74) is 1.78. The van der Waals surface area contributed by atoms with Gasteiger partial charge in [-0.2, -0.15) is 0 Å². The number of halogens is 1. The maximum absolute atomic E-state index is 12.4. The first-order chi connectivity index (χ1) is 13.0. The normalized spacial score (nSPS) is 11.7. The Morgan fingerprint density at radius 2 is 1.85 bits per heavy atom. The summed E-state index contributed by atoms with van der Waals surface area (Å²) in [5.74, 6) is 1.04. The second kappa shape index (κ2) is 8.37. The Morgan fingerprint density at radius 1 is 1.15 bits per heavy atom. The molecule has 0 radical (unpaired) electrons. The third kappa shape index (κ3) is 4.75. The molecular formula is C19H18ClN3O3S. The number of amides is 1. The van der Waals surface area contributed by atoms with Crippen molar-refractivity contribution in [1.82, 2.24) is 10.2 Å². The molecule has 1 atom stereocenters. The minimum Gasteiger partial charge on any atom is -0.497 e. The van der Waals surface area contributed by atoms with E-state index in [2.05, 4.69) is 15.5 Å². The monoisotopic (exact) mass is 403 g/mol. The van der Waals surface area contributed by atoms with Crippen LogP contribution in [0.15, 0.2) is 42.5 Å². The molecule has 2 aromatic carbocycles. The molecule has 0 aliphatic rings. The summed E-state index contributed by atoms with van der Waals surface area (Å²) in [6.07, 6.45) is -0.695. The summed E-state index contributed by atoms with van der Waals surface area (Å²) in [4.78, 5) is 12.4. The SMILES string of the molecule is COc1ccc(-c2nnc(NC(=O)[C@@H](C)Oc3ccc(Cl)c(C)c3)s2)cc1. The summed E-state index contributed by atoms with van der Waals surface area (Å²) >= 11 is 7.29. The van der Waals surface area contributed by atoms with Crippen LogP contribution in [0.3, 0.4) is 0 Å². The molecule has 3 aromatic rings. The minimum absolute atomic E-state index is 0.306. The van der Waals surface area contributed by atoms with Gasteiger partial charge in [0.15, 0.2) is 6.10 Å². The van der Waals surface area contributed by atoms with Crippen molar-refractivity contribution in [1.29, 1.82) is 0 Å². The number of aromatic nitrogens is 2. The third-order valence-electron chi connectivity index (χ3n) is 3.80. The van der Waals surface area contributed by atoms with E-state index in [4.69, 9.17) is 21.1 Å². The van der Waals surface area contributed by atoms with Gasteiger partial charge in [-0.3, -0.25) is 10.1 Å². The largest absolute Gasteiger partial charge is 0.497 e. The van der Waals surface area contributed by atoms with Gasteiger partial charge in [0.05, 0.1) is 7.11 Å². The van der Waals surface area contributed by atoms with E-state index in [-0.39, 0.29) is 5.91 Å². The Kier molecular flexibility index (Phi) is 5.93. The highest BCUT2D eigenvalue weighted by Crippen LogP contribution is 2.28. The molecule has 8 heteroatoms. The van der Waals surface area contributed by atoms with E-state index in [1.54, 1.807) is 32.2 Å². The summed E-state index contributed by atoms with van der Waals surface area (Å²) < 4.78 is 10.8. The van der Waals surface area contributed by atoms with Crippen LogP contribution in [0.4, 0.5) is 5.13 Å². The molecule has 0 fully saturated rings. The number of hydrogen-bond acceptors (Lipinski definition) is 6. The number of aryl methyl sites for hydroxylation is 1. The number of hydrogen-bond donors (Lipinski definition) is 1. The average molecular weight is 404 g/mol. The Bertz CT molecular complexity index is 944. The van der Waals surface area contributed by atoms with Crippen molar-refractivity contribution in [3.05, 3.63) is 53.1 Å². The van der Waals surface area contributed by atoms with Crippen LogP contribution in [0.5, 0.6) is 11.5 Å². The zero-order chi connectivity index (χ0) is 19.4. The lowest BCUT2D eigenvalue weighted by molar-refractivity contribution is -0.122. The van der Waals surface area contributed by atoms with Gasteiger partial charge in [-0.15, -0.1) is 10.2 Å². The number of anilines is 1. The highest BCUT2D eigenvalue weighted by molar-refractivity contribution is 7.18. The van der Waals surface area contributed by atoms with E-state index in [9.17, 15) is 4.79 Å². The number of ether oxygens (including phenoxy) is 2. The molecule has 0 aliphatic heterocycles. The molecule has 0 unspecified atom stereocenters. The molecule has 0 bridgehead atoms. The first-order valence-electron chi connectivity index (χ1n) is 8.18. The zero-order valence-corrected chi connectivity index (χ0v) is 16.6. The highest BCUT2D eigenvalue weighted by atomic mass is 35.5.